The summed E-state index contributed by atoms with van der Waals surface area (Å²) in [5, 5.41) is 14.1. The highest BCUT2D eigenvalue weighted by molar-refractivity contribution is 5.10. The maximum atomic E-state index is 10.6. The highest BCUT2D eigenvalue weighted by atomic mass is 16.3. The van der Waals surface area contributed by atoms with Gasteiger partial charge in [0.1, 0.15) is 0 Å². The molecule has 2 N–H and O–H groups in total. The van der Waals surface area contributed by atoms with Crippen LogP contribution in [-0.2, 0) is 0 Å². The van der Waals surface area contributed by atoms with Gasteiger partial charge in [0.15, 0.2) is 0 Å². The van der Waals surface area contributed by atoms with Gasteiger partial charge in [0.05, 0.1) is 5.60 Å². The maximum absolute atomic E-state index is 10.6. The van der Waals surface area contributed by atoms with Gasteiger partial charge in [-0.15, -0.1) is 0 Å². The standard InChI is InChI=1S/C12H21NO/c1-2-13-11-10-4-8-3-9(5-10)7-12(11,14)6-8/h8-11,13-14H,2-7H2,1H3/t8-,9?,10?,11?,12?/m0/s1. The van der Waals surface area contributed by atoms with E-state index in [-0.39, 0.29) is 5.60 Å². The van der Waals surface area contributed by atoms with E-state index in [2.05, 4.69) is 12.2 Å². The molecule has 14 heavy (non-hydrogen) atoms. The molecule has 0 spiro atoms. The van der Waals surface area contributed by atoms with Crippen molar-refractivity contribution in [2.75, 3.05) is 6.54 Å². The minimum Gasteiger partial charge on any atom is -0.388 e. The Bertz CT molecular complexity index is 226. The zero-order valence-electron chi connectivity index (χ0n) is 9.00. The molecule has 4 bridgehead atoms. The van der Waals surface area contributed by atoms with E-state index < -0.39 is 0 Å². The predicted molar refractivity (Wildman–Crippen MR) is 56.0 cm³/mol. The van der Waals surface area contributed by atoms with Gasteiger partial charge in [0, 0.05) is 6.04 Å². The van der Waals surface area contributed by atoms with Crippen LogP contribution in [0.1, 0.15) is 39.0 Å². The van der Waals surface area contributed by atoms with E-state index in [1.807, 2.05) is 0 Å². The number of aliphatic hydroxyl groups is 1. The van der Waals surface area contributed by atoms with Crippen LogP contribution in [0.4, 0.5) is 0 Å². The van der Waals surface area contributed by atoms with Crippen molar-refractivity contribution >= 4 is 0 Å². The van der Waals surface area contributed by atoms with Crippen LogP contribution in [0.25, 0.3) is 0 Å². The van der Waals surface area contributed by atoms with Crippen molar-refractivity contribution < 1.29 is 5.11 Å². The van der Waals surface area contributed by atoms with Crippen molar-refractivity contribution in [1.29, 1.82) is 0 Å². The molecule has 0 aliphatic heterocycles. The molecule has 0 saturated heterocycles. The fraction of sp³-hybridized carbons (Fsp3) is 1.00. The average molecular weight is 195 g/mol. The van der Waals surface area contributed by atoms with Crippen LogP contribution in [0.5, 0.6) is 0 Å². The van der Waals surface area contributed by atoms with Crippen molar-refractivity contribution in [3.05, 3.63) is 0 Å². The van der Waals surface area contributed by atoms with E-state index in [0.29, 0.717) is 6.04 Å². The van der Waals surface area contributed by atoms with E-state index in [4.69, 9.17) is 0 Å². The lowest BCUT2D eigenvalue weighted by molar-refractivity contribution is -0.149. The van der Waals surface area contributed by atoms with Gasteiger partial charge >= 0.3 is 0 Å². The van der Waals surface area contributed by atoms with Crippen molar-refractivity contribution in [2.24, 2.45) is 17.8 Å². The summed E-state index contributed by atoms with van der Waals surface area (Å²) in [7, 11) is 0. The second-order valence-corrected chi connectivity index (χ2v) is 5.75. The molecule has 4 rings (SSSR count). The molecule has 0 radical (unpaired) electrons. The molecule has 80 valence electrons. The first kappa shape index (κ1) is 9.17. The Morgan fingerprint density at radius 3 is 2.36 bits per heavy atom. The lowest BCUT2D eigenvalue weighted by atomic mass is 9.52. The smallest absolute Gasteiger partial charge is 0.0808 e. The van der Waals surface area contributed by atoms with Gasteiger partial charge < -0.3 is 10.4 Å². The van der Waals surface area contributed by atoms with Crippen LogP contribution >= 0.6 is 0 Å². The highest BCUT2D eigenvalue weighted by Gasteiger charge is 2.55. The Morgan fingerprint density at radius 2 is 1.86 bits per heavy atom. The number of likely N-dealkylation sites (N-methyl/N-ethyl adjacent to an activating group) is 1. The second kappa shape index (κ2) is 2.96. The van der Waals surface area contributed by atoms with E-state index in [0.717, 1.165) is 37.1 Å². The first-order chi connectivity index (χ1) is 6.71. The van der Waals surface area contributed by atoms with Crippen molar-refractivity contribution in [3.63, 3.8) is 0 Å². The zero-order valence-corrected chi connectivity index (χ0v) is 9.00. The second-order valence-electron chi connectivity index (χ2n) is 5.75. The summed E-state index contributed by atoms with van der Waals surface area (Å²) in [5.41, 5.74) is -0.342. The van der Waals surface area contributed by atoms with Crippen molar-refractivity contribution in [2.45, 2.75) is 50.7 Å². The van der Waals surface area contributed by atoms with Crippen LogP contribution in [0.2, 0.25) is 0 Å². The number of hydrogen-bond acceptors (Lipinski definition) is 2. The third-order valence-electron chi connectivity index (χ3n) is 4.70. The molecule has 0 aromatic carbocycles. The monoisotopic (exact) mass is 195 g/mol. The van der Waals surface area contributed by atoms with E-state index in [9.17, 15) is 5.11 Å². The molecule has 0 amide bonds. The largest absolute Gasteiger partial charge is 0.388 e. The van der Waals surface area contributed by atoms with E-state index in [1.165, 1.54) is 19.3 Å². The Morgan fingerprint density at radius 1 is 1.21 bits per heavy atom. The lowest BCUT2D eigenvalue weighted by Crippen LogP contribution is -2.65. The van der Waals surface area contributed by atoms with E-state index in [1.54, 1.807) is 0 Å². The van der Waals surface area contributed by atoms with Crippen LogP contribution in [0.3, 0.4) is 0 Å². The van der Waals surface area contributed by atoms with Gasteiger partial charge in [-0.3, -0.25) is 0 Å². The topological polar surface area (TPSA) is 32.3 Å². The minimum absolute atomic E-state index is 0.342. The zero-order chi connectivity index (χ0) is 9.76. The summed E-state index contributed by atoms with van der Waals surface area (Å²) in [6, 6.07) is 0.403. The van der Waals surface area contributed by atoms with E-state index >= 15 is 0 Å². The van der Waals surface area contributed by atoms with Gasteiger partial charge in [-0.05, 0) is 56.4 Å². The molecular formula is C12H21NO. The maximum Gasteiger partial charge on any atom is 0.0808 e. The van der Waals surface area contributed by atoms with Gasteiger partial charge in [0.2, 0.25) is 0 Å². The molecule has 4 saturated carbocycles. The molecule has 4 fully saturated rings. The summed E-state index contributed by atoms with van der Waals surface area (Å²) < 4.78 is 0. The summed E-state index contributed by atoms with van der Waals surface area (Å²) >= 11 is 0. The molecule has 2 heteroatoms. The Balaban J connectivity index is 1.86. The highest BCUT2D eigenvalue weighted by Crippen LogP contribution is 2.55. The molecular weight excluding hydrogens is 174 g/mol. The minimum atomic E-state index is -0.342. The molecule has 4 aliphatic carbocycles. The molecule has 4 aliphatic rings. The van der Waals surface area contributed by atoms with Crippen LogP contribution in [-0.4, -0.2) is 23.3 Å². The number of hydrogen-bond donors (Lipinski definition) is 2. The van der Waals surface area contributed by atoms with Crippen LogP contribution in [0.15, 0.2) is 0 Å². The fourth-order valence-electron chi connectivity index (χ4n) is 4.57. The average Bonchev–Trinajstić information content (AvgIpc) is 2.09. The Kier molecular flexibility index (Phi) is 1.94. The third kappa shape index (κ3) is 1.17. The summed E-state index contributed by atoms with van der Waals surface area (Å²) in [5.74, 6) is 2.45. The number of rotatable bonds is 2. The van der Waals surface area contributed by atoms with Gasteiger partial charge in [-0.1, -0.05) is 6.92 Å². The molecule has 0 aromatic heterocycles. The fourth-order valence-corrected chi connectivity index (χ4v) is 4.57. The lowest BCUT2D eigenvalue weighted by Gasteiger charge is -2.59. The summed E-state index contributed by atoms with van der Waals surface area (Å²) in [4.78, 5) is 0. The first-order valence-electron chi connectivity index (χ1n) is 6.17. The van der Waals surface area contributed by atoms with Crippen molar-refractivity contribution in [1.82, 2.24) is 5.32 Å². The predicted octanol–water partition coefficient (Wildman–Crippen LogP) is 1.54. The van der Waals surface area contributed by atoms with Gasteiger partial charge in [-0.25, -0.2) is 0 Å². The van der Waals surface area contributed by atoms with Crippen LogP contribution < -0.4 is 5.32 Å². The Hall–Kier alpha value is -0.0800. The quantitative estimate of drug-likeness (QED) is 0.700. The van der Waals surface area contributed by atoms with Crippen molar-refractivity contribution in [3.8, 4) is 0 Å². The third-order valence-corrected chi connectivity index (χ3v) is 4.70. The number of nitrogens with one attached hydrogen (secondary N) is 1. The van der Waals surface area contributed by atoms with Gasteiger partial charge in [-0.2, -0.15) is 0 Å². The first-order valence-corrected chi connectivity index (χ1v) is 6.17. The molecule has 2 nitrogen and oxygen atoms in total. The normalized spacial score (nSPS) is 55.3. The Labute approximate surface area is 86.1 Å². The molecule has 0 aromatic rings. The molecule has 5 atom stereocenters. The summed E-state index contributed by atoms with van der Waals surface area (Å²) in [6.07, 6.45) is 6.28. The van der Waals surface area contributed by atoms with Crippen LogP contribution in [0, 0.1) is 17.8 Å². The SMILES string of the molecule is CCNC1C2CC3C[C@@H](C2)CC1(O)C3. The molecule has 4 unspecified atom stereocenters. The van der Waals surface area contributed by atoms with Gasteiger partial charge in [0.25, 0.3) is 0 Å². The molecule has 0 heterocycles. The summed E-state index contributed by atoms with van der Waals surface area (Å²) in [6.45, 7) is 3.15.